The van der Waals surface area contributed by atoms with Crippen molar-refractivity contribution in [3.05, 3.63) is 87.6 Å². The molecule has 140 valence electrons. The van der Waals surface area contributed by atoms with Crippen LogP contribution in [0.25, 0.3) is 0 Å². The van der Waals surface area contributed by atoms with E-state index in [-0.39, 0.29) is 17.9 Å². The molecule has 0 saturated heterocycles. The van der Waals surface area contributed by atoms with Crippen molar-refractivity contribution in [3.8, 4) is 5.75 Å². The van der Waals surface area contributed by atoms with E-state index in [4.69, 9.17) is 25.9 Å². The Morgan fingerprint density at radius 1 is 1.07 bits per heavy atom. The van der Waals surface area contributed by atoms with Gasteiger partial charge in [0.05, 0.1) is 5.56 Å². The van der Waals surface area contributed by atoms with Crippen LogP contribution < -0.4 is 4.74 Å². The maximum absolute atomic E-state index is 13.8. The van der Waals surface area contributed by atoms with Crippen LogP contribution in [-0.4, -0.2) is 11.1 Å². The number of carboxylic acids is 1. The lowest BCUT2D eigenvalue weighted by atomic mass is 10.1. The molecule has 0 saturated carbocycles. The summed E-state index contributed by atoms with van der Waals surface area (Å²) in [6, 6.07) is 8.55. The highest BCUT2D eigenvalue weighted by atomic mass is 35.5. The molecular formula is C19H12ClF3O4. The van der Waals surface area contributed by atoms with Gasteiger partial charge in [0.15, 0.2) is 0 Å². The molecule has 1 aromatic heterocycles. The lowest BCUT2D eigenvalue weighted by Crippen LogP contribution is -2.04. The molecule has 1 N–H and O–H groups in total. The molecule has 0 aliphatic rings. The van der Waals surface area contributed by atoms with Crippen LogP contribution >= 0.6 is 11.6 Å². The van der Waals surface area contributed by atoms with Gasteiger partial charge >= 0.3 is 5.97 Å². The molecule has 8 heteroatoms. The van der Waals surface area contributed by atoms with Crippen molar-refractivity contribution in [1.82, 2.24) is 0 Å². The van der Waals surface area contributed by atoms with E-state index < -0.39 is 35.6 Å². The highest BCUT2D eigenvalue weighted by Crippen LogP contribution is 2.28. The van der Waals surface area contributed by atoms with Crippen LogP contribution in [0.2, 0.25) is 5.02 Å². The average molecular weight is 397 g/mol. The zero-order valence-corrected chi connectivity index (χ0v) is 14.4. The minimum Gasteiger partial charge on any atom is -0.488 e. The largest absolute Gasteiger partial charge is 0.488 e. The summed E-state index contributed by atoms with van der Waals surface area (Å²) < 4.78 is 51.2. The predicted octanol–water partition coefficient (Wildman–Crippen LogP) is 5.22. The number of carboxylic acid groups (broad SMARTS) is 1. The van der Waals surface area contributed by atoms with E-state index in [1.807, 2.05) is 0 Å². The average Bonchev–Trinajstić information content (AvgIpc) is 3.04. The standard InChI is InChI=1S/C19H12ClF3O4/c20-11-1-3-17(26-9-14-15(22)7-12(21)8-16(14)23)10(5-11)6-13-2-4-18(27-13)19(24)25/h1-5,7-8H,6,9H2,(H,24,25). The SMILES string of the molecule is O=C(O)c1ccc(Cc2cc(Cl)ccc2OCc2c(F)cc(F)cc2F)o1. The smallest absolute Gasteiger partial charge is 0.371 e. The maximum atomic E-state index is 13.8. The Hall–Kier alpha value is -2.93. The second kappa shape index (κ2) is 7.75. The van der Waals surface area contributed by atoms with Crippen molar-refractivity contribution in [2.24, 2.45) is 0 Å². The number of ether oxygens (including phenoxy) is 1. The molecule has 2 aromatic carbocycles. The Balaban J connectivity index is 1.83. The number of hydrogen-bond donors (Lipinski definition) is 1. The number of hydrogen-bond acceptors (Lipinski definition) is 3. The van der Waals surface area contributed by atoms with E-state index in [9.17, 15) is 18.0 Å². The minimum absolute atomic E-state index is 0.150. The first-order valence-corrected chi connectivity index (χ1v) is 8.08. The van der Waals surface area contributed by atoms with Crippen LogP contribution in [0.15, 0.2) is 46.9 Å². The van der Waals surface area contributed by atoms with Crippen LogP contribution in [0.4, 0.5) is 13.2 Å². The quantitative estimate of drug-likeness (QED) is 0.620. The first-order valence-electron chi connectivity index (χ1n) is 7.70. The van der Waals surface area contributed by atoms with Crippen LogP contribution in [0.3, 0.4) is 0 Å². The number of aromatic carboxylic acids is 1. The highest BCUT2D eigenvalue weighted by Gasteiger charge is 2.15. The molecular weight excluding hydrogens is 385 g/mol. The fraction of sp³-hybridized carbons (Fsp3) is 0.105. The van der Waals surface area contributed by atoms with Gasteiger partial charge < -0.3 is 14.3 Å². The Morgan fingerprint density at radius 3 is 2.41 bits per heavy atom. The Morgan fingerprint density at radius 2 is 1.78 bits per heavy atom. The van der Waals surface area contributed by atoms with Gasteiger partial charge in [-0.05, 0) is 30.3 Å². The Kier molecular flexibility index (Phi) is 5.41. The number of carbonyl (C=O) groups is 1. The third-order valence-electron chi connectivity index (χ3n) is 3.74. The molecule has 4 nitrogen and oxygen atoms in total. The molecule has 3 aromatic rings. The second-order valence-corrected chi connectivity index (χ2v) is 6.07. The topological polar surface area (TPSA) is 59.7 Å². The van der Waals surface area contributed by atoms with Gasteiger partial charge in [-0.1, -0.05) is 11.6 Å². The molecule has 0 radical (unpaired) electrons. The van der Waals surface area contributed by atoms with E-state index in [1.54, 1.807) is 6.07 Å². The van der Waals surface area contributed by atoms with Crippen LogP contribution in [0, 0.1) is 17.5 Å². The van der Waals surface area contributed by atoms with Crippen molar-refractivity contribution in [1.29, 1.82) is 0 Å². The molecule has 0 bridgehead atoms. The van der Waals surface area contributed by atoms with Gasteiger partial charge in [0.2, 0.25) is 5.76 Å². The monoisotopic (exact) mass is 396 g/mol. The van der Waals surface area contributed by atoms with Crippen LogP contribution in [0.1, 0.15) is 27.4 Å². The van der Waals surface area contributed by atoms with E-state index in [0.717, 1.165) is 0 Å². The fourth-order valence-corrected chi connectivity index (χ4v) is 2.66. The Bertz CT molecular complexity index is 977. The normalized spacial score (nSPS) is 10.8. The second-order valence-electron chi connectivity index (χ2n) is 5.64. The summed E-state index contributed by atoms with van der Waals surface area (Å²) in [7, 11) is 0. The van der Waals surface area contributed by atoms with Gasteiger partial charge in [-0.15, -0.1) is 0 Å². The number of rotatable bonds is 6. The molecule has 0 unspecified atom stereocenters. The molecule has 0 aliphatic heterocycles. The van der Waals surface area contributed by atoms with E-state index in [1.165, 1.54) is 24.3 Å². The molecule has 0 amide bonds. The summed E-state index contributed by atoms with van der Waals surface area (Å²) in [6.45, 7) is -0.467. The van der Waals surface area contributed by atoms with E-state index in [0.29, 0.717) is 28.5 Å². The molecule has 0 atom stereocenters. The first kappa shape index (κ1) is 18.8. The van der Waals surface area contributed by atoms with Gasteiger partial charge in [-0.3, -0.25) is 0 Å². The summed E-state index contributed by atoms with van der Waals surface area (Å²) in [6.07, 6.45) is 0.150. The maximum Gasteiger partial charge on any atom is 0.371 e. The first-order chi connectivity index (χ1) is 12.8. The zero-order chi connectivity index (χ0) is 19.6. The van der Waals surface area contributed by atoms with Crippen molar-refractivity contribution >= 4 is 17.6 Å². The summed E-state index contributed by atoms with van der Waals surface area (Å²) >= 11 is 5.98. The number of benzene rings is 2. The summed E-state index contributed by atoms with van der Waals surface area (Å²) in [5.74, 6) is -3.93. The molecule has 0 fully saturated rings. The van der Waals surface area contributed by atoms with Crippen LogP contribution in [-0.2, 0) is 13.0 Å². The molecule has 1 heterocycles. The van der Waals surface area contributed by atoms with E-state index >= 15 is 0 Å². The van der Waals surface area contributed by atoms with Crippen LogP contribution in [0.5, 0.6) is 5.75 Å². The van der Waals surface area contributed by atoms with Gasteiger partial charge in [-0.2, -0.15) is 0 Å². The van der Waals surface area contributed by atoms with Crippen molar-refractivity contribution < 1.29 is 32.2 Å². The molecule has 0 spiro atoms. The molecule has 3 rings (SSSR count). The molecule has 0 aliphatic carbocycles. The van der Waals surface area contributed by atoms with Crippen molar-refractivity contribution in [3.63, 3.8) is 0 Å². The summed E-state index contributed by atoms with van der Waals surface area (Å²) in [4.78, 5) is 10.9. The Labute approximate surface area is 156 Å². The third kappa shape index (κ3) is 4.43. The highest BCUT2D eigenvalue weighted by molar-refractivity contribution is 6.30. The third-order valence-corrected chi connectivity index (χ3v) is 3.97. The lowest BCUT2D eigenvalue weighted by Gasteiger charge is -2.12. The molecule has 27 heavy (non-hydrogen) atoms. The zero-order valence-electron chi connectivity index (χ0n) is 13.6. The van der Waals surface area contributed by atoms with Crippen molar-refractivity contribution in [2.75, 3.05) is 0 Å². The predicted molar refractivity (Wildman–Crippen MR) is 90.6 cm³/mol. The van der Waals surface area contributed by atoms with Gasteiger partial charge in [0, 0.05) is 29.1 Å². The van der Waals surface area contributed by atoms with Gasteiger partial charge in [-0.25, -0.2) is 18.0 Å². The van der Waals surface area contributed by atoms with Gasteiger partial charge in [0.25, 0.3) is 0 Å². The minimum atomic E-state index is -1.20. The van der Waals surface area contributed by atoms with Gasteiger partial charge in [0.1, 0.15) is 35.6 Å². The fourth-order valence-electron chi connectivity index (χ4n) is 2.46. The van der Waals surface area contributed by atoms with E-state index in [2.05, 4.69) is 0 Å². The summed E-state index contributed by atoms with van der Waals surface area (Å²) in [5.41, 5.74) is 0.111. The number of furan rings is 1. The summed E-state index contributed by atoms with van der Waals surface area (Å²) in [5, 5.41) is 9.30. The lowest BCUT2D eigenvalue weighted by molar-refractivity contribution is 0.0660. The van der Waals surface area contributed by atoms with Crippen molar-refractivity contribution in [2.45, 2.75) is 13.0 Å². The number of halogens is 4.